The summed E-state index contributed by atoms with van der Waals surface area (Å²) in [4.78, 5) is 17.7. The summed E-state index contributed by atoms with van der Waals surface area (Å²) in [7, 11) is 0. The van der Waals surface area contributed by atoms with Crippen LogP contribution in [0.25, 0.3) is 0 Å². The van der Waals surface area contributed by atoms with Crippen LogP contribution in [0, 0.1) is 11.3 Å². The first-order valence-electron chi connectivity index (χ1n) is 9.55. The summed E-state index contributed by atoms with van der Waals surface area (Å²) in [6.45, 7) is 0.00642. The fourth-order valence-corrected chi connectivity index (χ4v) is 4.18. The first-order valence-corrected chi connectivity index (χ1v) is 9.55. The number of carbonyl (C=O) groups excluding carboxylic acids is 1. The molecule has 0 aliphatic carbocycles. The van der Waals surface area contributed by atoms with Gasteiger partial charge in [-0.1, -0.05) is 0 Å². The van der Waals surface area contributed by atoms with Crippen molar-refractivity contribution in [2.75, 3.05) is 23.3 Å². The van der Waals surface area contributed by atoms with E-state index in [2.05, 4.69) is 20.5 Å². The Labute approximate surface area is 173 Å². The average molecular weight is 438 g/mol. The maximum Gasteiger partial charge on any atom is 0.422 e. The van der Waals surface area contributed by atoms with Crippen LogP contribution in [0.1, 0.15) is 47.6 Å². The Bertz CT molecular complexity index is 1050. The van der Waals surface area contributed by atoms with Crippen LogP contribution in [-0.2, 0) is 17.1 Å². The fourth-order valence-electron chi connectivity index (χ4n) is 4.18. The van der Waals surface area contributed by atoms with E-state index in [0.717, 1.165) is 0 Å². The Hall–Kier alpha value is -3.20. The molecule has 164 valence electrons. The van der Waals surface area contributed by atoms with Crippen molar-refractivity contribution in [3.8, 4) is 6.07 Å². The van der Waals surface area contributed by atoms with E-state index in [1.165, 1.54) is 12.3 Å². The van der Waals surface area contributed by atoms with Gasteiger partial charge in [0.05, 0.1) is 23.2 Å². The van der Waals surface area contributed by atoms with Gasteiger partial charge in [-0.3, -0.25) is 9.89 Å². The van der Waals surface area contributed by atoms with Gasteiger partial charge in [-0.2, -0.15) is 23.5 Å². The van der Waals surface area contributed by atoms with E-state index < -0.39 is 42.3 Å². The van der Waals surface area contributed by atoms with Crippen LogP contribution in [0.5, 0.6) is 0 Å². The first kappa shape index (κ1) is 21.0. The van der Waals surface area contributed by atoms with Gasteiger partial charge in [0.1, 0.15) is 24.4 Å². The molecule has 2 aromatic heterocycles. The molecule has 4 rings (SSSR count). The summed E-state index contributed by atoms with van der Waals surface area (Å²) in [6, 6.07) is 3.41. The second-order valence-corrected chi connectivity index (χ2v) is 7.66. The Balaban J connectivity index is 1.59. The van der Waals surface area contributed by atoms with Gasteiger partial charge in [-0.15, -0.1) is 0 Å². The highest BCUT2D eigenvalue weighted by atomic mass is 19.4. The number of aromatic amines is 1. The molecule has 0 bridgehead atoms. The number of pyridine rings is 1. The lowest BCUT2D eigenvalue weighted by molar-refractivity contribution is -0.267. The minimum atomic E-state index is -5.05. The number of H-pyrrole nitrogens is 1. The van der Waals surface area contributed by atoms with E-state index >= 15 is 0 Å². The first-order chi connectivity index (χ1) is 14.7. The van der Waals surface area contributed by atoms with Crippen molar-refractivity contribution in [1.82, 2.24) is 15.2 Å². The summed E-state index contributed by atoms with van der Waals surface area (Å²) in [6.07, 6.45) is -4.07. The molecule has 2 aliphatic rings. The Morgan fingerprint density at radius 3 is 2.68 bits per heavy atom. The third kappa shape index (κ3) is 3.48. The number of nitrogens with one attached hydrogen (secondary N) is 2. The topological polar surface area (TPSA) is 118 Å². The van der Waals surface area contributed by atoms with Crippen LogP contribution in [0.2, 0.25) is 0 Å². The van der Waals surface area contributed by atoms with E-state index in [0.29, 0.717) is 31.7 Å². The molecule has 12 heteroatoms. The lowest BCUT2D eigenvalue weighted by atomic mass is 9.81. The van der Waals surface area contributed by atoms with Crippen LogP contribution < -0.4 is 10.2 Å². The Kier molecular flexibility index (Phi) is 5.09. The van der Waals surface area contributed by atoms with Gasteiger partial charge in [0.25, 0.3) is 0 Å². The molecule has 3 N–H and O–H groups in total. The van der Waals surface area contributed by atoms with Crippen molar-refractivity contribution in [1.29, 1.82) is 5.26 Å². The van der Waals surface area contributed by atoms with Gasteiger partial charge < -0.3 is 15.3 Å². The third-order valence-electron chi connectivity index (χ3n) is 5.74. The number of fused-ring (bicyclic) bond motifs is 1. The standard InChI is InChI=1S/C19H18F4N6O2/c20-7-10-5-12(8-24)17(25-9-10)29-3-1-11(2-4-29)15-14-16(28-27-15)26-13(30)6-18(14,31)19(21,22)23/h5,9,11,31H,1-4,6-7H2,(H2,26,27,28,30). The molecule has 0 spiro atoms. The number of hydrogen-bond donors (Lipinski definition) is 3. The molecule has 0 saturated carbocycles. The number of rotatable bonds is 3. The zero-order chi connectivity index (χ0) is 22.4. The quantitative estimate of drug-likeness (QED) is 0.634. The molecule has 1 fully saturated rings. The van der Waals surface area contributed by atoms with Crippen LogP contribution in [-0.4, -0.2) is 45.5 Å². The van der Waals surface area contributed by atoms with Gasteiger partial charge in [0.15, 0.2) is 5.60 Å². The highest BCUT2D eigenvalue weighted by Crippen LogP contribution is 2.49. The number of alkyl halides is 4. The van der Waals surface area contributed by atoms with Gasteiger partial charge in [0.2, 0.25) is 5.91 Å². The lowest BCUT2D eigenvalue weighted by Crippen LogP contribution is -2.49. The number of halogens is 4. The molecule has 8 nitrogen and oxygen atoms in total. The summed E-state index contributed by atoms with van der Waals surface area (Å²) in [5.74, 6) is -1.22. The molecule has 2 aromatic rings. The maximum atomic E-state index is 13.7. The molecule has 2 aliphatic heterocycles. The number of carbonyl (C=O) groups is 1. The highest BCUT2D eigenvalue weighted by molar-refractivity contribution is 5.94. The fraction of sp³-hybridized carbons (Fsp3) is 0.474. The summed E-state index contributed by atoms with van der Waals surface area (Å²) >= 11 is 0. The number of nitriles is 1. The van der Waals surface area contributed by atoms with Crippen molar-refractivity contribution in [3.63, 3.8) is 0 Å². The second kappa shape index (κ2) is 7.49. The summed E-state index contributed by atoms with van der Waals surface area (Å²) in [5.41, 5.74) is -3.19. The third-order valence-corrected chi connectivity index (χ3v) is 5.74. The zero-order valence-corrected chi connectivity index (χ0v) is 16.1. The molecule has 1 saturated heterocycles. The van der Waals surface area contributed by atoms with Crippen LogP contribution in [0.4, 0.5) is 29.2 Å². The molecule has 0 radical (unpaired) electrons. The molecular weight excluding hydrogens is 420 g/mol. The molecule has 31 heavy (non-hydrogen) atoms. The number of aliphatic hydroxyl groups is 1. The van der Waals surface area contributed by atoms with Crippen molar-refractivity contribution in [3.05, 3.63) is 34.6 Å². The maximum absolute atomic E-state index is 13.7. The predicted octanol–water partition coefficient (Wildman–Crippen LogP) is 2.62. The monoisotopic (exact) mass is 438 g/mol. The number of anilines is 2. The predicted molar refractivity (Wildman–Crippen MR) is 99.7 cm³/mol. The van der Waals surface area contributed by atoms with Crippen LogP contribution >= 0.6 is 0 Å². The SMILES string of the molecule is N#Cc1cc(CF)cnc1N1CCC(c2n[nH]c3c2C(O)(C(F)(F)F)CC(=O)N3)CC1. The lowest BCUT2D eigenvalue weighted by Gasteiger charge is -2.37. The number of aromatic nitrogens is 3. The number of piperidine rings is 1. The van der Waals surface area contributed by atoms with E-state index in [1.807, 2.05) is 11.0 Å². The van der Waals surface area contributed by atoms with Gasteiger partial charge in [-0.25, -0.2) is 9.37 Å². The second-order valence-electron chi connectivity index (χ2n) is 7.66. The molecule has 0 aromatic carbocycles. The van der Waals surface area contributed by atoms with Gasteiger partial charge in [-0.05, 0) is 18.9 Å². The van der Waals surface area contributed by atoms with Crippen molar-refractivity contribution in [2.45, 2.75) is 43.6 Å². The van der Waals surface area contributed by atoms with Crippen molar-refractivity contribution >= 4 is 17.5 Å². The highest BCUT2D eigenvalue weighted by Gasteiger charge is 2.61. The van der Waals surface area contributed by atoms with E-state index in [4.69, 9.17) is 0 Å². The van der Waals surface area contributed by atoms with Crippen LogP contribution in [0.3, 0.4) is 0 Å². The van der Waals surface area contributed by atoms with E-state index in [-0.39, 0.29) is 22.6 Å². The molecule has 1 amide bonds. The average Bonchev–Trinajstić information content (AvgIpc) is 3.17. The van der Waals surface area contributed by atoms with E-state index in [1.54, 1.807) is 0 Å². The molecule has 4 heterocycles. The minimum absolute atomic E-state index is 0.0655. The molecular formula is C19H18F4N6O2. The van der Waals surface area contributed by atoms with Crippen molar-refractivity contribution in [2.24, 2.45) is 0 Å². The number of hydrogen-bond acceptors (Lipinski definition) is 6. The summed E-state index contributed by atoms with van der Waals surface area (Å²) < 4.78 is 53.9. The molecule has 1 unspecified atom stereocenters. The van der Waals surface area contributed by atoms with Gasteiger partial charge >= 0.3 is 6.18 Å². The summed E-state index contributed by atoms with van der Waals surface area (Å²) in [5, 5.41) is 28.5. The minimum Gasteiger partial charge on any atom is -0.376 e. The Morgan fingerprint density at radius 2 is 2.06 bits per heavy atom. The number of amides is 1. The molecule has 1 atom stereocenters. The van der Waals surface area contributed by atoms with Crippen LogP contribution in [0.15, 0.2) is 12.3 Å². The normalized spacial score (nSPS) is 22.1. The Morgan fingerprint density at radius 1 is 1.35 bits per heavy atom. The zero-order valence-electron chi connectivity index (χ0n) is 16.1. The number of nitrogens with zero attached hydrogens (tertiary/aromatic N) is 4. The van der Waals surface area contributed by atoms with E-state index in [9.17, 15) is 32.7 Å². The van der Waals surface area contributed by atoms with Gasteiger partial charge in [0, 0.05) is 30.8 Å². The van der Waals surface area contributed by atoms with Crippen molar-refractivity contribution < 1.29 is 27.5 Å². The smallest absolute Gasteiger partial charge is 0.376 e. The largest absolute Gasteiger partial charge is 0.422 e.